The number of para-hydroxylation sites is 1. The van der Waals surface area contributed by atoms with Gasteiger partial charge in [0, 0.05) is 20.8 Å². The first kappa shape index (κ1) is 29.5. The van der Waals surface area contributed by atoms with Crippen molar-refractivity contribution in [3.63, 3.8) is 0 Å². The summed E-state index contributed by atoms with van der Waals surface area (Å²) in [7, 11) is 0. The van der Waals surface area contributed by atoms with Crippen LogP contribution in [-0.2, 0) is 9.59 Å². The monoisotopic (exact) mass is 630 g/mol. The third-order valence-corrected chi connectivity index (χ3v) is 7.83. The Labute approximate surface area is 259 Å². The molecule has 12 heteroatoms. The van der Waals surface area contributed by atoms with E-state index in [-0.39, 0.29) is 17.0 Å². The molecule has 1 aromatic heterocycles. The molecule has 0 aliphatic rings. The van der Waals surface area contributed by atoms with Crippen molar-refractivity contribution >= 4 is 85.9 Å². The second-order valence-electron chi connectivity index (χ2n) is 8.86. The highest BCUT2D eigenvalue weighted by Crippen LogP contribution is 2.35. The van der Waals surface area contributed by atoms with E-state index in [4.69, 9.17) is 27.9 Å². The van der Waals surface area contributed by atoms with Crippen molar-refractivity contribution in [1.29, 1.82) is 0 Å². The van der Waals surface area contributed by atoms with Crippen molar-refractivity contribution in [3.8, 4) is 5.75 Å². The number of carbonyl (C=O) groups is 4. The highest BCUT2D eigenvalue weighted by molar-refractivity contribution is 7.21. The van der Waals surface area contributed by atoms with E-state index in [1.807, 2.05) is 24.3 Å². The molecule has 0 radical (unpaired) electrons. The summed E-state index contributed by atoms with van der Waals surface area (Å²) in [6.07, 6.45) is 1.31. The Balaban J connectivity index is 1.15. The van der Waals surface area contributed by atoms with E-state index in [1.54, 1.807) is 60.7 Å². The molecule has 43 heavy (non-hydrogen) atoms. The number of ether oxygens (including phenoxy) is 1. The molecule has 0 unspecified atom stereocenters. The Bertz CT molecular complexity index is 1870. The molecule has 214 valence electrons. The number of fused-ring (bicyclic) bond motifs is 1. The van der Waals surface area contributed by atoms with Crippen LogP contribution >= 0.6 is 34.5 Å². The third-order valence-electron chi connectivity index (χ3n) is 5.92. The van der Waals surface area contributed by atoms with Crippen LogP contribution in [-0.4, -0.2) is 29.9 Å². The quantitative estimate of drug-likeness (QED) is 0.0601. The van der Waals surface area contributed by atoms with Crippen LogP contribution in [0.4, 0.5) is 11.4 Å². The van der Waals surface area contributed by atoms with E-state index in [1.165, 1.54) is 29.7 Å². The van der Waals surface area contributed by atoms with E-state index < -0.39 is 23.7 Å². The van der Waals surface area contributed by atoms with Crippen LogP contribution in [0.3, 0.4) is 0 Å². The number of thiophene rings is 1. The number of anilines is 2. The first-order valence-electron chi connectivity index (χ1n) is 12.6. The first-order valence-corrected chi connectivity index (χ1v) is 14.2. The van der Waals surface area contributed by atoms with Gasteiger partial charge in [-0.25, -0.2) is 10.2 Å². The number of benzene rings is 4. The lowest BCUT2D eigenvalue weighted by molar-refractivity contribution is -0.136. The zero-order chi connectivity index (χ0) is 30.3. The molecule has 0 saturated heterocycles. The minimum absolute atomic E-state index is 0.139. The minimum atomic E-state index is -1.05. The van der Waals surface area contributed by atoms with Gasteiger partial charge in [-0.15, -0.1) is 11.3 Å². The van der Waals surface area contributed by atoms with E-state index in [0.717, 1.165) is 10.1 Å². The largest absolute Gasteiger partial charge is 0.422 e. The summed E-state index contributed by atoms with van der Waals surface area (Å²) >= 11 is 13.5. The van der Waals surface area contributed by atoms with Crippen LogP contribution in [0.5, 0.6) is 5.75 Å². The van der Waals surface area contributed by atoms with Gasteiger partial charge in [0.25, 0.3) is 5.91 Å². The van der Waals surface area contributed by atoms with Crippen LogP contribution in [0, 0.1) is 0 Å². The standard InChI is InChI=1S/C31H20Cl2N4O5S/c32-19-11-13-20(14-12-19)35-28(38)22-5-1-3-7-24(22)36-29(39)30(40)37-34-17-18-9-15-21(16-10-18)42-31(41)27-26(33)23-6-2-4-8-25(23)43-27/h1-17H,(H,35,38)(H,36,39)(H,37,40)/b34-17-. The summed E-state index contributed by atoms with van der Waals surface area (Å²) < 4.78 is 6.33. The van der Waals surface area contributed by atoms with Crippen LogP contribution in [0.25, 0.3) is 10.1 Å². The highest BCUT2D eigenvalue weighted by atomic mass is 35.5. The fraction of sp³-hybridized carbons (Fsp3) is 0. The van der Waals surface area contributed by atoms with Gasteiger partial charge in [0.15, 0.2) is 0 Å². The van der Waals surface area contributed by atoms with Crippen LogP contribution < -0.4 is 20.8 Å². The molecule has 3 N–H and O–H groups in total. The normalized spacial score (nSPS) is 10.8. The Hall–Kier alpha value is -5.03. The van der Waals surface area contributed by atoms with E-state index in [9.17, 15) is 19.2 Å². The third kappa shape index (κ3) is 7.25. The van der Waals surface area contributed by atoms with Crippen LogP contribution in [0.2, 0.25) is 10.0 Å². The fourth-order valence-electron chi connectivity index (χ4n) is 3.84. The summed E-state index contributed by atoms with van der Waals surface area (Å²) in [6, 6.07) is 26.5. The topological polar surface area (TPSA) is 126 Å². The Morgan fingerprint density at radius 2 is 1.47 bits per heavy atom. The average Bonchev–Trinajstić information content (AvgIpc) is 3.35. The fourth-order valence-corrected chi connectivity index (χ4v) is 5.35. The van der Waals surface area contributed by atoms with Gasteiger partial charge in [-0.2, -0.15) is 5.10 Å². The highest BCUT2D eigenvalue weighted by Gasteiger charge is 2.20. The van der Waals surface area contributed by atoms with Gasteiger partial charge in [0.2, 0.25) is 0 Å². The molecule has 0 bridgehead atoms. The summed E-state index contributed by atoms with van der Waals surface area (Å²) in [4.78, 5) is 50.5. The van der Waals surface area contributed by atoms with Gasteiger partial charge in [-0.05, 0) is 72.3 Å². The van der Waals surface area contributed by atoms with Gasteiger partial charge >= 0.3 is 17.8 Å². The minimum Gasteiger partial charge on any atom is -0.422 e. The van der Waals surface area contributed by atoms with Crippen molar-refractivity contribution in [1.82, 2.24) is 5.43 Å². The molecular weight excluding hydrogens is 611 g/mol. The van der Waals surface area contributed by atoms with Crippen molar-refractivity contribution in [3.05, 3.63) is 123 Å². The number of rotatable bonds is 7. The van der Waals surface area contributed by atoms with Crippen molar-refractivity contribution in [2.45, 2.75) is 0 Å². The SMILES string of the molecule is O=C(N/N=C\c1ccc(OC(=O)c2sc3ccccc3c2Cl)cc1)C(=O)Nc1ccccc1C(=O)Nc1ccc(Cl)cc1. The molecule has 5 aromatic rings. The molecule has 0 atom stereocenters. The summed E-state index contributed by atoms with van der Waals surface area (Å²) in [5.41, 5.74) is 3.50. The molecule has 0 aliphatic carbocycles. The second-order valence-corrected chi connectivity index (χ2v) is 10.7. The molecule has 5 rings (SSSR count). The van der Waals surface area contributed by atoms with Crippen molar-refractivity contribution in [2.75, 3.05) is 10.6 Å². The zero-order valence-electron chi connectivity index (χ0n) is 22.0. The average molecular weight is 631 g/mol. The Morgan fingerprint density at radius 1 is 0.767 bits per heavy atom. The van der Waals surface area contributed by atoms with Gasteiger partial charge in [-0.3, -0.25) is 14.4 Å². The molecule has 9 nitrogen and oxygen atoms in total. The molecule has 1 heterocycles. The Kier molecular flexibility index (Phi) is 9.11. The number of hydrogen-bond donors (Lipinski definition) is 3. The number of amides is 3. The molecule has 0 aliphatic heterocycles. The zero-order valence-corrected chi connectivity index (χ0v) is 24.3. The summed E-state index contributed by atoms with van der Waals surface area (Å²) in [5.74, 6) is -2.84. The first-order chi connectivity index (χ1) is 20.8. The van der Waals surface area contributed by atoms with Crippen molar-refractivity contribution < 1.29 is 23.9 Å². The predicted octanol–water partition coefficient (Wildman–Crippen LogP) is 6.77. The Morgan fingerprint density at radius 3 is 2.21 bits per heavy atom. The van der Waals surface area contributed by atoms with E-state index >= 15 is 0 Å². The molecule has 0 fully saturated rings. The molecule has 4 aromatic carbocycles. The maximum atomic E-state index is 12.8. The summed E-state index contributed by atoms with van der Waals surface area (Å²) in [5, 5.41) is 10.6. The number of esters is 1. The molecular formula is C31H20Cl2N4O5S. The number of nitrogens with one attached hydrogen (secondary N) is 3. The van der Waals surface area contributed by atoms with E-state index in [2.05, 4.69) is 21.2 Å². The lowest BCUT2D eigenvalue weighted by Crippen LogP contribution is -2.33. The summed E-state index contributed by atoms with van der Waals surface area (Å²) in [6.45, 7) is 0. The van der Waals surface area contributed by atoms with Gasteiger partial charge in [0.1, 0.15) is 10.6 Å². The maximum absolute atomic E-state index is 12.8. The number of hydrogen-bond acceptors (Lipinski definition) is 7. The van der Waals surface area contributed by atoms with Crippen molar-refractivity contribution in [2.24, 2.45) is 5.10 Å². The van der Waals surface area contributed by atoms with Gasteiger partial charge < -0.3 is 15.4 Å². The molecule has 0 spiro atoms. The van der Waals surface area contributed by atoms with Crippen LogP contribution in [0.15, 0.2) is 102 Å². The predicted molar refractivity (Wildman–Crippen MR) is 168 cm³/mol. The number of carbonyl (C=O) groups excluding carboxylic acids is 4. The second kappa shape index (κ2) is 13.3. The number of hydrazone groups is 1. The smallest absolute Gasteiger partial charge is 0.355 e. The van der Waals surface area contributed by atoms with E-state index in [0.29, 0.717) is 26.2 Å². The van der Waals surface area contributed by atoms with Gasteiger partial charge in [-0.1, -0.05) is 53.5 Å². The molecule has 3 amide bonds. The number of halogens is 2. The maximum Gasteiger partial charge on any atom is 0.355 e. The molecule has 0 saturated carbocycles. The van der Waals surface area contributed by atoms with Crippen LogP contribution in [0.1, 0.15) is 25.6 Å². The lowest BCUT2D eigenvalue weighted by atomic mass is 10.1. The lowest BCUT2D eigenvalue weighted by Gasteiger charge is -2.11. The van der Waals surface area contributed by atoms with Gasteiger partial charge in [0.05, 0.1) is 22.5 Å². The number of nitrogens with zero attached hydrogens (tertiary/aromatic N) is 1.